The molecular formula is C34H28N2O. The van der Waals surface area contributed by atoms with Crippen molar-refractivity contribution >= 4 is 16.7 Å². The maximum Gasteiger partial charge on any atom is 0.254 e. The normalized spacial score (nSPS) is 11.1. The Balaban J connectivity index is 1.34. The van der Waals surface area contributed by atoms with Gasteiger partial charge in [0.15, 0.2) is 0 Å². The molecule has 0 unspecified atom stereocenters. The van der Waals surface area contributed by atoms with E-state index in [2.05, 4.69) is 89.6 Å². The van der Waals surface area contributed by atoms with Gasteiger partial charge in [0.2, 0.25) is 0 Å². The summed E-state index contributed by atoms with van der Waals surface area (Å²) < 4.78 is 2.28. The molecular weight excluding hydrogens is 452 g/mol. The Morgan fingerprint density at radius 3 is 1.84 bits per heavy atom. The molecule has 37 heavy (non-hydrogen) atoms. The van der Waals surface area contributed by atoms with Gasteiger partial charge in [-0.1, -0.05) is 103 Å². The van der Waals surface area contributed by atoms with Crippen molar-refractivity contribution in [2.75, 3.05) is 0 Å². The van der Waals surface area contributed by atoms with E-state index in [1.807, 2.05) is 53.4 Å². The molecule has 0 radical (unpaired) electrons. The minimum Gasteiger partial charge on any atom is -0.343 e. The van der Waals surface area contributed by atoms with Crippen LogP contribution in [0.25, 0.3) is 22.0 Å². The molecule has 1 heterocycles. The summed E-state index contributed by atoms with van der Waals surface area (Å²) in [5.74, 6) is 0.0389. The van der Waals surface area contributed by atoms with E-state index >= 15 is 0 Å². The monoisotopic (exact) mass is 480 g/mol. The maximum absolute atomic E-state index is 13.9. The fourth-order valence-electron chi connectivity index (χ4n) is 5.06. The second kappa shape index (κ2) is 10.2. The van der Waals surface area contributed by atoms with Gasteiger partial charge >= 0.3 is 0 Å². The Hall–Kier alpha value is -4.63. The summed E-state index contributed by atoms with van der Waals surface area (Å²) in [7, 11) is 0. The summed E-state index contributed by atoms with van der Waals surface area (Å²) in [5.41, 5.74) is 6.56. The van der Waals surface area contributed by atoms with E-state index in [9.17, 15) is 4.79 Å². The molecule has 0 spiro atoms. The van der Waals surface area contributed by atoms with Crippen molar-refractivity contribution in [3.05, 3.63) is 156 Å². The molecule has 0 atom stereocenters. The molecule has 3 heteroatoms. The molecule has 0 bridgehead atoms. The molecule has 3 nitrogen and oxygen atoms in total. The number of fused-ring (bicyclic) bond motifs is 3. The largest absolute Gasteiger partial charge is 0.343 e. The van der Waals surface area contributed by atoms with E-state index in [4.69, 9.17) is 0 Å². The number of benzene rings is 4. The first-order chi connectivity index (χ1) is 18.2. The average molecular weight is 481 g/mol. The van der Waals surface area contributed by atoms with Crippen LogP contribution in [0.3, 0.4) is 0 Å². The van der Waals surface area contributed by atoms with Gasteiger partial charge in [0, 0.05) is 42.7 Å². The highest BCUT2D eigenvalue weighted by molar-refractivity contribution is 6.06. The summed E-state index contributed by atoms with van der Waals surface area (Å²) in [6.45, 7) is 1.93. The summed E-state index contributed by atoms with van der Waals surface area (Å²) in [4.78, 5) is 15.8. The van der Waals surface area contributed by atoms with Crippen molar-refractivity contribution < 1.29 is 4.79 Å². The molecule has 2 aliphatic rings. The Bertz CT molecular complexity index is 1560. The zero-order valence-electron chi connectivity index (χ0n) is 20.6. The lowest BCUT2D eigenvalue weighted by Crippen LogP contribution is -2.30. The van der Waals surface area contributed by atoms with E-state index < -0.39 is 0 Å². The third-order valence-electron chi connectivity index (χ3n) is 6.91. The number of rotatable bonds is 7. The van der Waals surface area contributed by atoms with Crippen LogP contribution in [0.4, 0.5) is 0 Å². The lowest BCUT2D eigenvalue weighted by atomic mass is 10.1. The van der Waals surface area contributed by atoms with Crippen LogP contribution in [0, 0.1) is 0 Å². The van der Waals surface area contributed by atoms with E-state index in [0.29, 0.717) is 18.7 Å². The molecule has 4 aromatic carbocycles. The van der Waals surface area contributed by atoms with E-state index in [-0.39, 0.29) is 5.91 Å². The van der Waals surface area contributed by atoms with Gasteiger partial charge in [-0.2, -0.15) is 0 Å². The number of pyridine rings is 1. The predicted molar refractivity (Wildman–Crippen MR) is 151 cm³/mol. The van der Waals surface area contributed by atoms with E-state index in [1.165, 1.54) is 16.8 Å². The van der Waals surface area contributed by atoms with Crippen LogP contribution in [0.2, 0.25) is 0 Å². The summed E-state index contributed by atoms with van der Waals surface area (Å²) >= 11 is 0. The topological polar surface area (TPSA) is 25.2 Å². The Morgan fingerprint density at radius 1 is 0.622 bits per heavy atom. The highest BCUT2D eigenvalue weighted by Gasteiger charge is 2.20. The zero-order valence-corrected chi connectivity index (χ0v) is 20.6. The van der Waals surface area contributed by atoms with E-state index in [1.54, 1.807) is 0 Å². The van der Waals surface area contributed by atoms with Gasteiger partial charge in [-0.05, 0) is 51.7 Å². The SMILES string of the molecule is O=C(c1ccc2cc3n(Cc4ccccc4)cccc-3c2c1)N(Cc1ccccc1)Cc1ccccc1. The molecule has 1 aliphatic carbocycles. The standard InChI is InChI=1S/C34H28N2O/c37-34(36(24-27-13-6-2-7-14-27)25-28-15-8-3-9-16-28)30-19-18-29-22-33-31(32(29)21-30)17-10-20-35(33)23-26-11-4-1-5-12-26/h1-22H,23-25H2. The second-order valence-corrected chi connectivity index (χ2v) is 9.50. The van der Waals surface area contributed by atoms with Crippen molar-refractivity contribution in [2.24, 2.45) is 0 Å². The van der Waals surface area contributed by atoms with Crippen molar-refractivity contribution in [3.8, 4) is 11.3 Å². The van der Waals surface area contributed by atoms with Crippen molar-refractivity contribution in [2.45, 2.75) is 19.6 Å². The van der Waals surface area contributed by atoms with Crippen LogP contribution in [-0.4, -0.2) is 15.4 Å². The molecule has 1 amide bonds. The summed E-state index contributed by atoms with van der Waals surface area (Å²) in [6.07, 6.45) is 2.13. The van der Waals surface area contributed by atoms with Gasteiger partial charge in [0.25, 0.3) is 5.91 Å². The number of hydrogen-bond acceptors (Lipinski definition) is 1. The second-order valence-electron chi connectivity index (χ2n) is 9.50. The first kappa shape index (κ1) is 22.8. The summed E-state index contributed by atoms with van der Waals surface area (Å²) in [6, 6.07) is 43.5. The quantitative estimate of drug-likeness (QED) is 0.230. The van der Waals surface area contributed by atoms with Crippen LogP contribution in [0.1, 0.15) is 27.0 Å². The van der Waals surface area contributed by atoms with Gasteiger partial charge in [-0.25, -0.2) is 0 Å². The van der Waals surface area contributed by atoms with Crippen LogP contribution in [0.5, 0.6) is 0 Å². The smallest absolute Gasteiger partial charge is 0.254 e. The first-order valence-corrected chi connectivity index (χ1v) is 12.7. The van der Waals surface area contributed by atoms with Gasteiger partial charge in [0.1, 0.15) is 0 Å². The fraction of sp³-hybridized carbons (Fsp3) is 0.0882. The minimum absolute atomic E-state index is 0.0389. The Labute approximate surface area is 217 Å². The number of nitrogens with zero attached hydrogens (tertiary/aromatic N) is 2. The lowest BCUT2D eigenvalue weighted by Gasteiger charge is -2.23. The summed E-state index contributed by atoms with van der Waals surface area (Å²) in [5, 5.41) is 2.26. The van der Waals surface area contributed by atoms with Gasteiger partial charge in [-0.3, -0.25) is 4.79 Å². The lowest BCUT2D eigenvalue weighted by molar-refractivity contribution is 0.0730. The molecule has 0 saturated carbocycles. The predicted octanol–water partition coefficient (Wildman–Crippen LogP) is 7.64. The Morgan fingerprint density at radius 2 is 1.22 bits per heavy atom. The zero-order chi connectivity index (χ0) is 25.0. The number of carbonyl (C=O) groups excluding carboxylic acids is 1. The van der Waals surface area contributed by atoms with Crippen LogP contribution in [-0.2, 0) is 19.6 Å². The third-order valence-corrected chi connectivity index (χ3v) is 6.91. The first-order valence-electron chi connectivity index (χ1n) is 12.7. The van der Waals surface area contributed by atoms with Crippen LogP contribution >= 0.6 is 0 Å². The Kier molecular flexibility index (Phi) is 6.26. The highest BCUT2D eigenvalue weighted by Crippen LogP contribution is 2.35. The van der Waals surface area contributed by atoms with Gasteiger partial charge in [-0.15, -0.1) is 0 Å². The van der Waals surface area contributed by atoms with Gasteiger partial charge in [0.05, 0.1) is 0 Å². The fourth-order valence-corrected chi connectivity index (χ4v) is 5.06. The molecule has 0 saturated heterocycles. The number of aromatic nitrogens is 1. The van der Waals surface area contributed by atoms with Crippen molar-refractivity contribution in [1.82, 2.24) is 9.47 Å². The number of hydrogen-bond donors (Lipinski definition) is 0. The molecule has 0 aromatic heterocycles. The molecule has 0 fully saturated rings. The average Bonchev–Trinajstić information content (AvgIpc) is 3.33. The maximum atomic E-state index is 13.9. The van der Waals surface area contributed by atoms with Crippen molar-refractivity contribution in [3.63, 3.8) is 0 Å². The molecule has 1 aliphatic heterocycles. The minimum atomic E-state index is 0.0389. The molecule has 180 valence electrons. The molecule has 4 aromatic rings. The van der Waals surface area contributed by atoms with E-state index in [0.717, 1.165) is 28.4 Å². The van der Waals surface area contributed by atoms with Crippen molar-refractivity contribution in [1.29, 1.82) is 0 Å². The number of amides is 1. The van der Waals surface area contributed by atoms with Gasteiger partial charge < -0.3 is 9.47 Å². The third kappa shape index (κ3) is 4.89. The molecule has 0 N–H and O–H groups in total. The molecule has 6 rings (SSSR count). The number of carbonyl (C=O) groups is 1. The van der Waals surface area contributed by atoms with Crippen LogP contribution in [0.15, 0.2) is 134 Å². The van der Waals surface area contributed by atoms with Crippen LogP contribution < -0.4 is 0 Å². The highest BCUT2D eigenvalue weighted by atomic mass is 16.2.